The quantitative estimate of drug-likeness (QED) is 0.770. The van der Waals surface area contributed by atoms with Crippen LogP contribution in [-0.2, 0) is 0 Å². The minimum Gasteiger partial charge on any atom is -0.399 e. The van der Waals surface area contributed by atoms with Crippen molar-refractivity contribution in [2.45, 2.75) is 0 Å². The van der Waals surface area contributed by atoms with Crippen LogP contribution in [0.1, 0.15) is 0 Å². The van der Waals surface area contributed by atoms with Crippen molar-refractivity contribution in [1.29, 1.82) is 0 Å². The molecule has 1 aromatic heterocycles. The summed E-state index contributed by atoms with van der Waals surface area (Å²) in [4.78, 5) is 0. The standard InChI is InChI=1S/C9H7BrFN3/c10-8-2-6(12)1-7(9(8)11)5-3-13-14-4-5/h1-4H,12H2,(H,13,14). The van der Waals surface area contributed by atoms with Crippen LogP contribution in [0.5, 0.6) is 0 Å². The number of hydrogen-bond donors (Lipinski definition) is 2. The molecule has 72 valence electrons. The normalized spacial score (nSPS) is 10.4. The van der Waals surface area contributed by atoms with Gasteiger partial charge in [0.05, 0.1) is 10.7 Å². The molecule has 0 radical (unpaired) electrons. The lowest BCUT2D eigenvalue weighted by molar-refractivity contribution is 0.625. The molecule has 0 aliphatic carbocycles. The number of aromatic amines is 1. The van der Waals surface area contributed by atoms with Crippen molar-refractivity contribution in [2.24, 2.45) is 0 Å². The Kier molecular flexibility index (Phi) is 2.25. The number of rotatable bonds is 1. The average Bonchev–Trinajstić information content (AvgIpc) is 2.63. The molecule has 0 bridgehead atoms. The predicted molar refractivity (Wildman–Crippen MR) is 56.1 cm³/mol. The summed E-state index contributed by atoms with van der Waals surface area (Å²) in [7, 11) is 0. The Morgan fingerprint density at radius 3 is 2.86 bits per heavy atom. The Morgan fingerprint density at radius 2 is 2.21 bits per heavy atom. The minimum atomic E-state index is -0.333. The van der Waals surface area contributed by atoms with E-state index in [4.69, 9.17) is 5.73 Å². The molecule has 5 heteroatoms. The molecule has 0 aliphatic heterocycles. The summed E-state index contributed by atoms with van der Waals surface area (Å²) in [6.07, 6.45) is 3.16. The highest BCUT2D eigenvalue weighted by molar-refractivity contribution is 9.10. The molecule has 2 aromatic rings. The van der Waals surface area contributed by atoms with Gasteiger partial charge in [0, 0.05) is 23.0 Å². The molecule has 0 fully saturated rings. The van der Waals surface area contributed by atoms with Gasteiger partial charge in [0.25, 0.3) is 0 Å². The van der Waals surface area contributed by atoms with Gasteiger partial charge in [-0.15, -0.1) is 0 Å². The second-order valence-electron chi connectivity index (χ2n) is 2.85. The first-order valence-electron chi connectivity index (χ1n) is 3.92. The molecule has 0 aliphatic rings. The van der Waals surface area contributed by atoms with E-state index in [0.717, 1.165) is 0 Å². The lowest BCUT2D eigenvalue weighted by Gasteiger charge is -2.03. The van der Waals surface area contributed by atoms with E-state index < -0.39 is 0 Å². The van der Waals surface area contributed by atoms with Gasteiger partial charge in [-0.05, 0) is 28.1 Å². The highest BCUT2D eigenvalue weighted by Crippen LogP contribution is 2.29. The van der Waals surface area contributed by atoms with E-state index >= 15 is 0 Å². The number of H-pyrrole nitrogens is 1. The Bertz CT molecular complexity index is 453. The van der Waals surface area contributed by atoms with E-state index in [9.17, 15) is 4.39 Å². The van der Waals surface area contributed by atoms with Crippen LogP contribution in [0.4, 0.5) is 10.1 Å². The van der Waals surface area contributed by atoms with Gasteiger partial charge >= 0.3 is 0 Å². The molecular weight excluding hydrogens is 249 g/mol. The zero-order valence-electron chi connectivity index (χ0n) is 7.09. The largest absolute Gasteiger partial charge is 0.399 e. The lowest BCUT2D eigenvalue weighted by atomic mass is 10.1. The maximum absolute atomic E-state index is 13.6. The predicted octanol–water partition coefficient (Wildman–Crippen LogP) is 2.56. The first-order valence-corrected chi connectivity index (χ1v) is 4.71. The lowest BCUT2D eigenvalue weighted by Crippen LogP contribution is -1.90. The Labute approximate surface area is 88.3 Å². The molecule has 0 saturated carbocycles. The van der Waals surface area contributed by atoms with E-state index in [2.05, 4.69) is 26.1 Å². The Hall–Kier alpha value is -1.36. The van der Waals surface area contributed by atoms with Crippen LogP contribution in [0.3, 0.4) is 0 Å². The van der Waals surface area contributed by atoms with Crippen molar-refractivity contribution in [2.75, 3.05) is 5.73 Å². The second-order valence-corrected chi connectivity index (χ2v) is 3.71. The molecule has 2 rings (SSSR count). The van der Waals surface area contributed by atoms with Crippen molar-refractivity contribution in [3.8, 4) is 11.1 Å². The summed E-state index contributed by atoms with van der Waals surface area (Å²) >= 11 is 3.10. The fourth-order valence-electron chi connectivity index (χ4n) is 1.22. The molecule has 0 spiro atoms. The Balaban J connectivity index is 2.64. The molecule has 14 heavy (non-hydrogen) atoms. The molecule has 0 atom stereocenters. The van der Waals surface area contributed by atoms with Gasteiger partial charge < -0.3 is 5.73 Å². The van der Waals surface area contributed by atoms with Gasteiger partial charge in [-0.2, -0.15) is 5.10 Å². The summed E-state index contributed by atoms with van der Waals surface area (Å²) in [5.41, 5.74) is 7.23. The number of hydrogen-bond acceptors (Lipinski definition) is 2. The highest BCUT2D eigenvalue weighted by atomic mass is 79.9. The monoisotopic (exact) mass is 255 g/mol. The molecule has 3 nitrogen and oxygen atoms in total. The third-order valence-electron chi connectivity index (χ3n) is 1.86. The van der Waals surface area contributed by atoms with Crippen molar-refractivity contribution in [1.82, 2.24) is 10.2 Å². The van der Waals surface area contributed by atoms with Crippen LogP contribution in [0.2, 0.25) is 0 Å². The third kappa shape index (κ3) is 1.50. The van der Waals surface area contributed by atoms with Gasteiger partial charge in [-0.25, -0.2) is 4.39 Å². The Morgan fingerprint density at radius 1 is 1.43 bits per heavy atom. The zero-order chi connectivity index (χ0) is 10.1. The maximum atomic E-state index is 13.6. The summed E-state index contributed by atoms with van der Waals surface area (Å²) in [5.74, 6) is -0.333. The van der Waals surface area contributed by atoms with Crippen LogP contribution in [0, 0.1) is 5.82 Å². The van der Waals surface area contributed by atoms with Crippen LogP contribution in [-0.4, -0.2) is 10.2 Å². The SMILES string of the molecule is Nc1cc(Br)c(F)c(-c2cn[nH]c2)c1. The summed E-state index contributed by atoms with van der Waals surface area (Å²) in [6, 6.07) is 3.10. The van der Waals surface area contributed by atoms with E-state index in [1.165, 1.54) is 6.07 Å². The molecule has 0 saturated heterocycles. The van der Waals surface area contributed by atoms with E-state index in [0.29, 0.717) is 21.3 Å². The van der Waals surface area contributed by atoms with Gasteiger partial charge in [0.2, 0.25) is 0 Å². The zero-order valence-corrected chi connectivity index (χ0v) is 8.68. The molecular formula is C9H7BrFN3. The van der Waals surface area contributed by atoms with Crippen molar-refractivity contribution in [3.63, 3.8) is 0 Å². The summed E-state index contributed by atoms with van der Waals surface area (Å²) in [5, 5.41) is 6.37. The van der Waals surface area contributed by atoms with Crippen LogP contribution in [0.25, 0.3) is 11.1 Å². The highest BCUT2D eigenvalue weighted by Gasteiger charge is 2.10. The van der Waals surface area contributed by atoms with Crippen LogP contribution < -0.4 is 5.73 Å². The number of nitrogens with zero attached hydrogens (tertiary/aromatic N) is 1. The first-order chi connectivity index (χ1) is 6.68. The van der Waals surface area contributed by atoms with Crippen molar-refractivity contribution in [3.05, 3.63) is 34.8 Å². The molecule has 1 aromatic carbocycles. The van der Waals surface area contributed by atoms with Crippen molar-refractivity contribution >= 4 is 21.6 Å². The molecule has 0 unspecified atom stereocenters. The fourth-order valence-corrected chi connectivity index (χ4v) is 1.70. The third-order valence-corrected chi connectivity index (χ3v) is 2.44. The topological polar surface area (TPSA) is 54.7 Å². The number of nitrogens with two attached hydrogens (primary N) is 1. The first kappa shape index (κ1) is 9.21. The number of aromatic nitrogens is 2. The van der Waals surface area contributed by atoms with Gasteiger partial charge in [-0.3, -0.25) is 5.10 Å². The smallest absolute Gasteiger partial charge is 0.145 e. The summed E-state index contributed by atoms with van der Waals surface area (Å²) in [6.45, 7) is 0. The number of anilines is 1. The van der Waals surface area contributed by atoms with Crippen molar-refractivity contribution < 1.29 is 4.39 Å². The number of halogens is 2. The van der Waals surface area contributed by atoms with Crippen LogP contribution in [0.15, 0.2) is 29.0 Å². The van der Waals surface area contributed by atoms with E-state index in [1.807, 2.05) is 0 Å². The van der Waals surface area contributed by atoms with Gasteiger partial charge in [-0.1, -0.05) is 0 Å². The van der Waals surface area contributed by atoms with E-state index in [-0.39, 0.29) is 5.82 Å². The fraction of sp³-hybridized carbons (Fsp3) is 0. The van der Waals surface area contributed by atoms with Gasteiger partial charge in [0.1, 0.15) is 5.82 Å². The molecule has 0 amide bonds. The molecule has 3 N–H and O–H groups in total. The molecule has 1 heterocycles. The number of benzene rings is 1. The summed E-state index contributed by atoms with van der Waals surface area (Å²) < 4.78 is 14.0. The van der Waals surface area contributed by atoms with E-state index in [1.54, 1.807) is 18.5 Å². The second kappa shape index (κ2) is 3.42. The average molecular weight is 256 g/mol. The maximum Gasteiger partial charge on any atom is 0.145 e. The van der Waals surface area contributed by atoms with Gasteiger partial charge in [0.15, 0.2) is 0 Å². The number of nitrogens with one attached hydrogen (secondary N) is 1. The van der Waals surface area contributed by atoms with Crippen LogP contribution >= 0.6 is 15.9 Å². The minimum absolute atomic E-state index is 0.333. The number of nitrogen functional groups attached to an aromatic ring is 1.